The molecule has 5 nitrogen and oxygen atoms in total. The molecule has 1 atom stereocenters. The lowest BCUT2D eigenvalue weighted by Gasteiger charge is -2.27. The Balaban J connectivity index is 2.01. The van der Waals surface area contributed by atoms with Gasteiger partial charge in [-0.15, -0.1) is 0 Å². The van der Waals surface area contributed by atoms with Gasteiger partial charge >= 0.3 is 0 Å². The van der Waals surface area contributed by atoms with Gasteiger partial charge in [-0.1, -0.05) is 11.6 Å². The van der Waals surface area contributed by atoms with Gasteiger partial charge in [0, 0.05) is 6.04 Å². The van der Waals surface area contributed by atoms with Gasteiger partial charge in [0.1, 0.15) is 0 Å². The van der Waals surface area contributed by atoms with E-state index < -0.39 is 0 Å². The highest BCUT2D eigenvalue weighted by Crippen LogP contribution is 2.29. The van der Waals surface area contributed by atoms with Gasteiger partial charge in [-0.25, -0.2) is 4.98 Å². The van der Waals surface area contributed by atoms with Crippen molar-refractivity contribution in [3.05, 3.63) is 21.2 Å². The van der Waals surface area contributed by atoms with E-state index in [-0.39, 0.29) is 18.2 Å². The van der Waals surface area contributed by atoms with Crippen LogP contribution in [0.1, 0.15) is 37.4 Å². The van der Waals surface area contributed by atoms with Gasteiger partial charge < -0.3 is 15.0 Å². The summed E-state index contributed by atoms with van der Waals surface area (Å²) in [6.45, 7) is -0.0316. The lowest BCUT2D eigenvalue weighted by atomic mass is 9.93. The molecule has 0 radical (unpaired) electrons. The zero-order valence-corrected chi connectivity index (χ0v) is 10.8. The summed E-state index contributed by atoms with van der Waals surface area (Å²) in [4.78, 5) is 16.5. The number of rotatable bonds is 3. The molecule has 0 bridgehead atoms. The maximum absolute atomic E-state index is 12.3. The number of hydrogen-bond donors (Lipinski definition) is 2. The number of aliphatic hydroxyl groups excluding tert-OH is 1. The summed E-state index contributed by atoms with van der Waals surface area (Å²) in [5, 5.41) is 12.8. The first-order valence-corrected chi connectivity index (χ1v) is 6.77. The molecule has 1 fully saturated rings. The quantitative estimate of drug-likeness (QED) is 0.869. The van der Waals surface area contributed by atoms with Crippen LogP contribution in [-0.4, -0.2) is 27.3 Å². The Labute approximate surface area is 110 Å². The fraction of sp³-hybridized carbons (Fsp3) is 0.667. The van der Waals surface area contributed by atoms with Crippen LogP contribution in [0.25, 0.3) is 0 Å². The Hall–Kier alpha value is -1.07. The predicted molar refractivity (Wildman–Crippen MR) is 69.2 cm³/mol. The maximum Gasteiger partial charge on any atom is 0.293 e. The van der Waals surface area contributed by atoms with Crippen molar-refractivity contribution in [2.24, 2.45) is 0 Å². The monoisotopic (exact) mass is 269 g/mol. The van der Waals surface area contributed by atoms with Crippen molar-refractivity contribution < 1.29 is 5.11 Å². The first kappa shape index (κ1) is 12.0. The van der Waals surface area contributed by atoms with E-state index in [1.54, 1.807) is 4.57 Å². The average molecular weight is 270 g/mol. The van der Waals surface area contributed by atoms with Gasteiger partial charge in [0.15, 0.2) is 11.0 Å². The van der Waals surface area contributed by atoms with Crippen molar-refractivity contribution in [3.8, 4) is 0 Å². The second-order valence-corrected chi connectivity index (χ2v) is 5.38. The molecule has 1 saturated carbocycles. The van der Waals surface area contributed by atoms with E-state index in [9.17, 15) is 9.90 Å². The number of aromatic nitrogens is 2. The highest BCUT2D eigenvalue weighted by Gasteiger charge is 2.28. The summed E-state index contributed by atoms with van der Waals surface area (Å²) in [7, 11) is 0. The average Bonchev–Trinajstić information content (AvgIpc) is 2.74. The van der Waals surface area contributed by atoms with E-state index >= 15 is 0 Å². The van der Waals surface area contributed by atoms with Crippen molar-refractivity contribution >= 4 is 17.4 Å². The van der Waals surface area contributed by atoms with Crippen LogP contribution < -0.4 is 10.9 Å². The number of nitrogens with one attached hydrogen (secondary N) is 1. The fourth-order valence-corrected chi connectivity index (χ4v) is 2.87. The minimum absolute atomic E-state index is 0.0316. The summed E-state index contributed by atoms with van der Waals surface area (Å²) >= 11 is 6.12. The molecular weight excluding hydrogens is 254 g/mol. The van der Waals surface area contributed by atoms with Gasteiger partial charge in [0.25, 0.3) is 5.56 Å². The van der Waals surface area contributed by atoms with Gasteiger partial charge in [-0.05, 0) is 32.1 Å². The van der Waals surface area contributed by atoms with E-state index in [4.69, 9.17) is 11.6 Å². The van der Waals surface area contributed by atoms with E-state index in [1.807, 2.05) is 0 Å². The molecule has 98 valence electrons. The third-order valence-electron chi connectivity index (χ3n) is 3.90. The molecule has 3 rings (SSSR count). The van der Waals surface area contributed by atoms with Crippen molar-refractivity contribution in [1.82, 2.24) is 9.55 Å². The second kappa shape index (κ2) is 4.55. The molecule has 0 saturated heterocycles. The number of aliphatic hydroxyl groups is 1. The molecule has 18 heavy (non-hydrogen) atoms. The zero-order chi connectivity index (χ0) is 12.7. The maximum atomic E-state index is 12.3. The summed E-state index contributed by atoms with van der Waals surface area (Å²) in [5.41, 5.74) is 0.595. The lowest BCUT2D eigenvalue weighted by molar-refractivity contribution is 0.230. The van der Waals surface area contributed by atoms with Gasteiger partial charge in [0.2, 0.25) is 0 Å². The second-order valence-electron chi connectivity index (χ2n) is 5.02. The third-order valence-corrected chi connectivity index (χ3v) is 4.20. The molecular formula is C12H16ClN3O2. The van der Waals surface area contributed by atoms with Crippen LogP contribution in [0.3, 0.4) is 0 Å². The SMILES string of the molecule is O=c1c(NC2CCC2)nc(Cl)c2n1C(CO)CC2. The Morgan fingerprint density at radius 3 is 2.83 bits per heavy atom. The Kier molecular flexibility index (Phi) is 3.03. The van der Waals surface area contributed by atoms with E-state index in [0.717, 1.165) is 25.0 Å². The Bertz CT molecular complexity index is 525. The molecule has 0 aromatic carbocycles. The van der Waals surface area contributed by atoms with E-state index in [0.29, 0.717) is 23.4 Å². The first-order valence-electron chi connectivity index (χ1n) is 6.39. The fourth-order valence-electron chi connectivity index (χ4n) is 2.60. The number of nitrogens with zero attached hydrogens (tertiary/aromatic N) is 2. The highest BCUT2D eigenvalue weighted by atomic mass is 35.5. The highest BCUT2D eigenvalue weighted by molar-refractivity contribution is 6.30. The smallest absolute Gasteiger partial charge is 0.293 e. The molecule has 2 N–H and O–H groups in total. The Morgan fingerprint density at radius 1 is 1.44 bits per heavy atom. The molecule has 0 spiro atoms. The minimum atomic E-state index is -0.157. The molecule has 1 unspecified atom stereocenters. The summed E-state index contributed by atoms with van der Waals surface area (Å²) < 4.78 is 1.61. The van der Waals surface area contributed by atoms with Crippen LogP contribution in [0, 0.1) is 0 Å². The topological polar surface area (TPSA) is 67.2 Å². The van der Waals surface area contributed by atoms with Crippen LogP contribution in [0.15, 0.2) is 4.79 Å². The molecule has 1 aromatic heterocycles. The summed E-state index contributed by atoms with van der Waals surface area (Å²) in [5.74, 6) is 0.328. The number of fused-ring (bicyclic) bond motifs is 1. The molecule has 2 heterocycles. The largest absolute Gasteiger partial charge is 0.394 e. The molecule has 1 aliphatic carbocycles. The third kappa shape index (κ3) is 1.82. The van der Waals surface area contributed by atoms with Gasteiger partial charge in [0.05, 0.1) is 18.3 Å². The molecule has 2 aliphatic rings. The van der Waals surface area contributed by atoms with Crippen molar-refractivity contribution in [1.29, 1.82) is 0 Å². The first-order chi connectivity index (χ1) is 8.70. The number of halogens is 1. The zero-order valence-electron chi connectivity index (χ0n) is 10.0. The normalized spacial score (nSPS) is 22.7. The standard InChI is InChI=1S/C12H16ClN3O2/c13-10-9-5-4-8(6-17)16(9)12(18)11(15-10)14-7-2-1-3-7/h7-8,17H,1-6H2,(H,14,15). The summed E-state index contributed by atoms with van der Waals surface area (Å²) in [6, 6.07) is 0.184. The van der Waals surface area contributed by atoms with Gasteiger partial charge in [-0.2, -0.15) is 0 Å². The predicted octanol–water partition coefficient (Wildman–Crippen LogP) is 1.34. The Morgan fingerprint density at radius 2 is 2.22 bits per heavy atom. The van der Waals surface area contributed by atoms with Crippen LogP contribution in [0.5, 0.6) is 0 Å². The van der Waals surface area contributed by atoms with Crippen LogP contribution in [-0.2, 0) is 6.42 Å². The van der Waals surface area contributed by atoms with Crippen molar-refractivity contribution in [3.63, 3.8) is 0 Å². The lowest BCUT2D eigenvalue weighted by Crippen LogP contribution is -2.34. The van der Waals surface area contributed by atoms with Crippen molar-refractivity contribution in [2.45, 2.75) is 44.2 Å². The molecule has 1 aliphatic heterocycles. The van der Waals surface area contributed by atoms with Crippen LogP contribution in [0.2, 0.25) is 5.15 Å². The van der Waals surface area contributed by atoms with Gasteiger partial charge in [-0.3, -0.25) is 4.79 Å². The summed E-state index contributed by atoms with van der Waals surface area (Å²) in [6.07, 6.45) is 4.79. The molecule has 0 amide bonds. The molecule has 6 heteroatoms. The van der Waals surface area contributed by atoms with E-state index in [1.165, 1.54) is 6.42 Å². The van der Waals surface area contributed by atoms with Crippen LogP contribution >= 0.6 is 11.6 Å². The van der Waals surface area contributed by atoms with Crippen LogP contribution in [0.4, 0.5) is 5.82 Å². The van der Waals surface area contributed by atoms with E-state index in [2.05, 4.69) is 10.3 Å². The van der Waals surface area contributed by atoms with Crippen molar-refractivity contribution in [2.75, 3.05) is 11.9 Å². The molecule has 1 aromatic rings. The number of hydrogen-bond acceptors (Lipinski definition) is 4. The minimum Gasteiger partial charge on any atom is -0.394 e. The number of anilines is 1.